The summed E-state index contributed by atoms with van der Waals surface area (Å²) in [6, 6.07) is 9.31. The first kappa shape index (κ1) is 13.5. The topological polar surface area (TPSA) is 27.3 Å². The second-order valence-corrected chi connectivity index (χ2v) is 5.33. The number of nitrogens with one attached hydrogen (secondary N) is 2. The monoisotopic (exact) mass is 247 g/mol. The predicted octanol–water partition coefficient (Wildman–Crippen LogP) is 1.76. The summed E-state index contributed by atoms with van der Waals surface area (Å²) in [6.07, 6.45) is 2.39. The van der Waals surface area contributed by atoms with E-state index >= 15 is 0 Å². The molecule has 2 N–H and O–H groups in total. The molecule has 0 saturated carbocycles. The predicted molar refractivity (Wildman–Crippen MR) is 76.7 cm³/mol. The molecule has 3 nitrogen and oxygen atoms in total. The van der Waals surface area contributed by atoms with Crippen molar-refractivity contribution in [3.05, 3.63) is 35.4 Å². The van der Waals surface area contributed by atoms with Gasteiger partial charge in [-0.05, 0) is 57.7 Å². The van der Waals surface area contributed by atoms with Gasteiger partial charge in [-0.25, -0.2) is 0 Å². The number of fused-ring (bicyclic) bond motifs is 1. The van der Waals surface area contributed by atoms with Crippen LogP contribution in [-0.4, -0.2) is 38.6 Å². The zero-order valence-electron chi connectivity index (χ0n) is 11.6. The number of hydrogen-bond donors (Lipinski definition) is 2. The van der Waals surface area contributed by atoms with Gasteiger partial charge in [0, 0.05) is 12.6 Å². The van der Waals surface area contributed by atoms with E-state index in [-0.39, 0.29) is 0 Å². The lowest BCUT2D eigenvalue weighted by Gasteiger charge is -2.19. The van der Waals surface area contributed by atoms with Gasteiger partial charge in [0.25, 0.3) is 0 Å². The van der Waals surface area contributed by atoms with E-state index in [1.54, 1.807) is 0 Å². The van der Waals surface area contributed by atoms with Gasteiger partial charge in [0.2, 0.25) is 0 Å². The Kier molecular flexibility index (Phi) is 5.17. The maximum Gasteiger partial charge on any atom is 0.0335 e. The van der Waals surface area contributed by atoms with Crippen LogP contribution in [0.5, 0.6) is 0 Å². The standard InChI is InChI=1S/C15H25N3/c1-18(2)11-5-9-17-15-8-10-16-12-13-6-3-4-7-14(13)15/h3-4,6-7,15-17H,5,8-12H2,1-2H3. The van der Waals surface area contributed by atoms with Crippen LogP contribution in [0, 0.1) is 0 Å². The van der Waals surface area contributed by atoms with Crippen molar-refractivity contribution in [2.45, 2.75) is 25.4 Å². The molecule has 1 aromatic carbocycles. The normalized spacial score (nSPS) is 19.6. The molecule has 1 atom stereocenters. The van der Waals surface area contributed by atoms with Gasteiger partial charge in [0.05, 0.1) is 0 Å². The van der Waals surface area contributed by atoms with E-state index in [1.807, 2.05) is 0 Å². The highest BCUT2D eigenvalue weighted by Gasteiger charge is 2.16. The smallest absolute Gasteiger partial charge is 0.0335 e. The summed E-state index contributed by atoms with van der Waals surface area (Å²) in [5.41, 5.74) is 2.92. The SMILES string of the molecule is CN(C)CCCNC1CCNCc2ccccc21. The summed E-state index contributed by atoms with van der Waals surface area (Å²) in [5.74, 6) is 0. The molecule has 1 heterocycles. The Morgan fingerprint density at radius 3 is 3.00 bits per heavy atom. The Morgan fingerprint density at radius 2 is 2.17 bits per heavy atom. The third kappa shape index (κ3) is 3.80. The van der Waals surface area contributed by atoms with Gasteiger partial charge in [-0.2, -0.15) is 0 Å². The van der Waals surface area contributed by atoms with Crippen LogP contribution in [0.1, 0.15) is 30.0 Å². The highest BCUT2D eigenvalue weighted by molar-refractivity contribution is 5.30. The minimum atomic E-state index is 0.512. The molecule has 0 fully saturated rings. The molecule has 2 rings (SSSR count). The van der Waals surface area contributed by atoms with Gasteiger partial charge in [-0.15, -0.1) is 0 Å². The molecule has 0 aliphatic carbocycles. The molecule has 1 unspecified atom stereocenters. The third-order valence-electron chi connectivity index (χ3n) is 3.53. The van der Waals surface area contributed by atoms with E-state index in [0.717, 1.165) is 26.2 Å². The van der Waals surface area contributed by atoms with Crippen molar-refractivity contribution in [2.75, 3.05) is 33.7 Å². The van der Waals surface area contributed by atoms with Crippen molar-refractivity contribution in [3.8, 4) is 0 Å². The third-order valence-corrected chi connectivity index (χ3v) is 3.53. The average Bonchev–Trinajstić information content (AvgIpc) is 2.57. The summed E-state index contributed by atoms with van der Waals surface area (Å²) < 4.78 is 0. The Hall–Kier alpha value is -0.900. The number of rotatable bonds is 5. The second kappa shape index (κ2) is 6.88. The van der Waals surface area contributed by atoms with Gasteiger partial charge >= 0.3 is 0 Å². The van der Waals surface area contributed by atoms with Crippen LogP contribution in [0.2, 0.25) is 0 Å². The van der Waals surface area contributed by atoms with Gasteiger partial charge < -0.3 is 15.5 Å². The molecule has 0 amide bonds. The largest absolute Gasteiger partial charge is 0.313 e. The van der Waals surface area contributed by atoms with Crippen molar-refractivity contribution in [2.24, 2.45) is 0 Å². The van der Waals surface area contributed by atoms with Gasteiger partial charge in [-0.1, -0.05) is 24.3 Å². The van der Waals surface area contributed by atoms with Crippen molar-refractivity contribution in [1.82, 2.24) is 15.5 Å². The number of hydrogen-bond acceptors (Lipinski definition) is 3. The van der Waals surface area contributed by atoms with Gasteiger partial charge in [0.1, 0.15) is 0 Å². The highest BCUT2D eigenvalue weighted by Crippen LogP contribution is 2.23. The van der Waals surface area contributed by atoms with E-state index < -0.39 is 0 Å². The lowest BCUT2D eigenvalue weighted by atomic mass is 9.99. The van der Waals surface area contributed by atoms with Gasteiger partial charge in [-0.3, -0.25) is 0 Å². The molecule has 0 saturated heterocycles. The van der Waals surface area contributed by atoms with Crippen molar-refractivity contribution in [1.29, 1.82) is 0 Å². The molecule has 0 radical (unpaired) electrons. The molecule has 0 bridgehead atoms. The fourth-order valence-electron chi connectivity index (χ4n) is 2.54. The molecule has 1 aliphatic heterocycles. The molecule has 1 aromatic rings. The van der Waals surface area contributed by atoms with Crippen LogP contribution in [-0.2, 0) is 6.54 Å². The molecule has 3 heteroatoms. The van der Waals surface area contributed by atoms with Crippen LogP contribution in [0.4, 0.5) is 0 Å². The minimum absolute atomic E-state index is 0.512. The zero-order chi connectivity index (χ0) is 12.8. The molecule has 0 aromatic heterocycles. The average molecular weight is 247 g/mol. The Labute approximate surface area is 111 Å². The molecule has 100 valence electrons. The fourth-order valence-corrected chi connectivity index (χ4v) is 2.54. The lowest BCUT2D eigenvalue weighted by Crippen LogP contribution is -2.26. The molecule has 0 spiro atoms. The van der Waals surface area contributed by atoms with Crippen LogP contribution in [0.15, 0.2) is 24.3 Å². The molecular formula is C15H25N3. The number of nitrogens with zero attached hydrogens (tertiary/aromatic N) is 1. The van der Waals surface area contributed by atoms with E-state index in [2.05, 4.69) is 53.9 Å². The van der Waals surface area contributed by atoms with Crippen molar-refractivity contribution < 1.29 is 0 Å². The van der Waals surface area contributed by atoms with E-state index in [9.17, 15) is 0 Å². The van der Waals surface area contributed by atoms with Crippen LogP contribution >= 0.6 is 0 Å². The first-order valence-corrected chi connectivity index (χ1v) is 6.94. The lowest BCUT2D eigenvalue weighted by molar-refractivity contribution is 0.384. The Balaban J connectivity index is 1.91. The minimum Gasteiger partial charge on any atom is -0.313 e. The second-order valence-electron chi connectivity index (χ2n) is 5.33. The summed E-state index contributed by atoms with van der Waals surface area (Å²) >= 11 is 0. The molecule has 1 aliphatic rings. The highest BCUT2D eigenvalue weighted by atomic mass is 15.1. The Morgan fingerprint density at radius 1 is 1.33 bits per heavy atom. The molecular weight excluding hydrogens is 222 g/mol. The maximum absolute atomic E-state index is 3.71. The summed E-state index contributed by atoms with van der Waals surface area (Å²) in [4.78, 5) is 2.24. The van der Waals surface area contributed by atoms with E-state index in [4.69, 9.17) is 0 Å². The first-order chi connectivity index (χ1) is 8.77. The van der Waals surface area contributed by atoms with Crippen molar-refractivity contribution in [3.63, 3.8) is 0 Å². The van der Waals surface area contributed by atoms with E-state index in [1.165, 1.54) is 24.0 Å². The van der Waals surface area contributed by atoms with Crippen LogP contribution in [0.3, 0.4) is 0 Å². The number of benzene rings is 1. The van der Waals surface area contributed by atoms with Crippen LogP contribution < -0.4 is 10.6 Å². The Bertz CT molecular complexity index is 363. The molecule has 18 heavy (non-hydrogen) atoms. The summed E-state index contributed by atoms with van der Waals surface area (Å²) in [5, 5.41) is 7.20. The van der Waals surface area contributed by atoms with E-state index in [0.29, 0.717) is 6.04 Å². The van der Waals surface area contributed by atoms with Crippen molar-refractivity contribution >= 4 is 0 Å². The summed E-state index contributed by atoms with van der Waals surface area (Å²) in [6.45, 7) is 4.35. The summed E-state index contributed by atoms with van der Waals surface area (Å²) in [7, 11) is 4.26. The van der Waals surface area contributed by atoms with Crippen LogP contribution in [0.25, 0.3) is 0 Å². The fraction of sp³-hybridized carbons (Fsp3) is 0.600. The maximum atomic E-state index is 3.71. The van der Waals surface area contributed by atoms with Gasteiger partial charge in [0.15, 0.2) is 0 Å². The zero-order valence-corrected chi connectivity index (χ0v) is 11.6. The quantitative estimate of drug-likeness (QED) is 0.777. The first-order valence-electron chi connectivity index (χ1n) is 6.94.